The Kier molecular flexibility index (Phi) is 3.14. The van der Waals surface area contributed by atoms with Gasteiger partial charge < -0.3 is 10.1 Å². The number of ether oxygens (including phenoxy) is 1. The van der Waals surface area contributed by atoms with Crippen LogP contribution in [0, 0.1) is 18.9 Å². The van der Waals surface area contributed by atoms with E-state index in [1.165, 1.54) is 0 Å². The van der Waals surface area contributed by atoms with Gasteiger partial charge in [0.15, 0.2) is 0 Å². The number of benzene rings is 1. The lowest BCUT2D eigenvalue weighted by Gasteiger charge is -2.19. The van der Waals surface area contributed by atoms with Crippen molar-refractivity contribution in [1.29, 1.82) is 0 Å². The molecule has 4 nitrogen and oxygen atoms in total. The van der Waals surface area contributed by atoms with Gasteiger partial charge in [0, 0.05) is 18.9 Å². The number of nitrogens with zero attached hydrogens (tertiary/aromatic N) is 1. The Bertz CT molecular complexity index is 623. The Labute approximate surface area is 115 Å². The molecule has 0 unspecified atom stereocenters. The van der Waals surface area contributed by atoms with Gasteiger partial charge in [-0.2, -0.15) is 0 Å². The summed E-state index contributed by atoms with van der Waals surface area (Å²) >= 11 is 1.63. The Morgan fingerprint density at radius 3 is 3.16 bits per heavy atom. The van der Waals surface area contributed by atoms with E-state index in [-0.39, 0.29) is 17.9 Å². The molecule has 0 saturated carbocycles. The summed E-state index contributed by atoms with van der Waals surface area (Å²) in [4.78, 5) is 15.7. The van der Waals surface area contributed by atoms with E-state index in [0.29, 0.717) is 13.0 Å². The lowest BCUT2D eigenvalue weighted by molar-refractivity contribution is -0.119. The van der Waals surface area contributed by atoms with Gasteiger partial charge in [0.25, 0.3) is 0 Å². The maximum absolute atomic E-state index is 11.2. The standard InChI is InChI=1S/C14H15N2O2S/c1-8(10-6-13(17)15-7-10)18-12-5-3-4-11-14(12)19-9(2)16-11/h4-5,8,10H,6-7H2,1-2H3,(H,15,17)/t8-,10-/m1/s1. The molecule has 1 saturated heterocycles. The molecule has 19 heavy (non-hydrogen) atoms. The van der Waals surface area contributed by atoms with Crippen LogP contribution in [0.3, 0.4) is 0 Å². The number of hydrogen-bond donors (Lipinski definition) is 1. The molecule has 1 fully saturated rings. The predicted molar refractivity (Wildman–Crippen MR) is 74.4 cm³/mol. The predicted octanol–water partition coefficient (Wildman–Crippen LogP) is 2.31. The Morgan fingerprint density at radius 1 is 1.58 bits per heavy atom. The van der Waals surface area contributed by atoms with Crippen molar-refractivity contribution in [3.05, 3.63) is 23.2 Å². The van der Waals surface area contributed by atoms with Crippen LogP contribution in [0.15, 0.2) is 12.1 Å². The van der Waals surface area contributed by atoms with Gasteiger partial charge in [-0.05, 0) is 32.0 Å². The summed E-state index contributed by atoms with van der Waals surface area (Å²) in [5, 5.41) is 3.86. The average Bonchev–Trinajstić information content (AvgIpc) is 2.95. The van der Waals surface area contributed by atoms with Gasteiger partial charge in [-0.15, -0.1) is 11.3 Å². The van der Waals surface area contributed by atoms with Gasteiger partial charge in [-0.3, -0.25) is 4.79 Å². The SMILES string of the molecule is Cc1nc2c[c]cc(O[C@H](C)[C@H]3CNC(=O)C3)c2s1. The van der Waals surface area contributed by atoms with Crippen LogP contribution >= 0.6 is 11.3 Å². The maximum atomic E-state index is 11.2. The van der Waals surface area contributed by atoms with Gasteiger partial charge in [0.1, 0.15) is 11.9 Å². The van der Waals surface area contributed by atoms with Crippen LogP contribution in [-0.2, 0) is 4.79 Å². The highest BCUT2D eigenvalue weighted by atomic mass is 32.1. The van der Waals surface area contributed by atoms with E-state index in [1.807, 2.05) is 26.0 Å². The molecule has 1 N–H and O–H groups in total. The molecule has 1 amide bonds. The van der Waals surface area contributed by atoms with Gasteiger partial charge in [-0.1, -0.05) is 0 Å². The molecule has 2 heterocycles. The van der Waals surface area contributed by atoms with Crippen LogP contribution in [0.4, 0.5) is 0 Å². The smallest absolute Gasteiger partial charge is 0.220 e. The van der Waals surface area contributed by atoms with E-state index in [1.54, 1.807) is 11.3 Å². The summed E-state index contributed by atoms with van der Waals surface area (Å²) in [6.07, 6.45) is 0.545. The van der Waals surface area contributed by atoms with Crippen LogP contribution in [0.25, 0.3) is 10.2 Å². The number of amides is 1. The zero-order chi connectivity index (χ0) is 13.4. The molecular formula is C14H15N2O2S. The van der Waals surface area contributed by atoms with Crippen molar-refractivity contribution in [1.82, 2.24) is 10.3 Å². The summed E-state index contributed by atoms with van der Waals surface area (Å²) in [5.41, 5.74) is 0.924. The highest BCUT2D eigenvalue weighted by Gasteiger charge is 2.28. The second-order valence-corrected chi connectivity index (χ2v) is 6.06. The van der Waals surface area contributed by atoms with Crippen LogP contribution in [0.5, 0.6) is 5.75 Å². The van der Waals surface area contributed by atoms with Crippen molar-refractivity contribution >= 4 is 27.5 Å². The molecule has 2 atom stereocenters. The van der Waals surface area contributed by atoms with Crippen LogP contribution in [0.2, 0.25) is 0 Å². The molecule has 1 aliphatic heterocycles. The average molecular weight is 275 g/mol. The fraction of sp³-hybridized carbons (Fsp3) is 0.429. The first-order valence-corrected chi connectivity index (χ1v) is 7.15. The summed E-state index contributed by atoms with van der Waals surface area (Å²) in [7, 11) is 0. The van der Waals surface area contributed by atoms with E-state index in [9.17, 15) is 4.79 Å². The second-order valence-electron chi connectivity index (χ2n) is 4.86. The molecule has 5 heteroatoms. The summed E-state index contributed by atoms with van der Waals surface area (Å²) in [6.45, 7) is 4.69. The number of rotatable bonds is 3. The fourth-order valence-electron chi connectivity index (χ4n) is 2.32. The molecule has 0 bridgehead atoms. The third-order valence-electron chi connectivity index (χ3n) is 3.40. The molecular weight excluding hydrogens is 260 g/mol. The Balaban J connectivity index is 1.82. The van der Waals surface area contributed by atoms with Crippen molar-refractivity contribution in [2.45, 2.75) is 26.4 Å². The summed E-state index contributed by atoms with van der Waals surface area (Å²) in [6, 6.07) is 6.78. The first-order valence-electron chi connectivity index (χ1n) is 6.34. The fourth-order valence-corrected chi connectivity index (χ4v) is 3.18. The number of aryl methyl sites for hydroxylation is 1. The third-order valence-corrected chi connectivity index (χ3v) is 4.41. The van der Waals surface area contributed by atoms with Crippen LogP contribution in [0.1, 0.15) is 18.4 Å². The topological polar surface area (TPSA) is 51.2 Å². The highest BCUT2D eigenvalue weighted by Crippen LogP contribution is 2.32. The van der Waals surface area contributed by atoms with E-state index >= 15 is 0 Å². The molecule has 1 aliphatic rings. The summed E-state index contributed by atoms with van der Waals surface area (Å²) < 4.78 is 7.08. The van der Waals surface area contributed by atoms with Gasteiger partial charge in [-0.25, -0.2) is 4.98 Å². The number of carbonyl (C=O) groups excluding carboxylic acids is 1. The minimum absolute atomic E-state index is 0.000330. The Morgan fingerprint density at radius 2 is 2.42 bits per heavy atom. The quantitative estimate of drug-likeness (QED) is 0.935. The lowest BCUT2D eigenvalue weighted by atomic mass is 10.0. The minimum Gasteiger partial charge on any atom is -0.489 e. The van der Waals surface area contributed by atoms with E-state index in [0.717, 1.165) is 21.0 Å². The van der Waals surface area contributed by atoms with Gasteiger partial charge in [0.05, 0.1) is 15.2 Å². The van der Waals surface area contributed by atoms with Crippen molar-refractivity contribution in [2.75, 3.05) is 6.54 Å². The van der Waals surface area contributed by atoms with E-state index < -0.39 is 0 Å². The van der Waals surface area contributed by atoms with Crippen molar-refractivity contribution in [3.8, 4) is 5.75 Å². The first-order chi connectivity index (χ1) is 9.13. The number of fused-ring (bicyclic) bond motifs is 1. The largest absolute Gasteiger partial charge is 0.489 e. The lowest BCUT2D eigenvalue weighted by Crippen LogP contribution is -2.25. The van der Waals surface area contributed by atoms with Gasteiger partial charge >= 0.3 is 0 Å². The van der Waals surface area contributed by atoms with E-state index in [4.69, 9.17) is 4.74 Å². The van der Waals surface area contributed by atoms with Crippen LogP contribution in [-0.4, -0.2) is 23.5 Å². The number of hydrogen-bond acceptors (Lipinski definition) is 4. The second kappa shape index (κ2) is 4.81. The monoisotopic (exact) mass is 275 g/mol. The molecule has 1 aromatic carbocycles. The van der Waals surface area contributed by atoms with Crippen molar-refractivity contribution in [3.63, 3.8) is 0 Å². The number of nitrogens with one attached hydrogen (secondary N) is 1. The molecule has 3 rings (SSSR count). The molecule has 99 valence electrons. The molecule has 1 radical (unpaired) electrons. The summed E-state index contributed by atoms with van der Waals surface area (Å²) in [5.74, 6) is 1.16. The first kappa shape index (κ1) is 12.4. The Hall–Kier alpha value is -1.62. The maximum Gasteiger partial charge on any atom is 0.220 e. The third kappa shape index (κ3) is 2.42. The molecule has 0 aliphatic carbocycles. The number of thiazole rings is 1. The highest BCUT2D eigenvalue weighted by molar-refractivity contribution is 7.18. The minimum atomic E-state index is 0.000330. The molecule has 1 aromatic heterocycles. The zero-order valence-electron chi connectivity index (χ0n) is 10.9. The van der Waals surface area contributed by atoms with Crippen LogP contribution < -0.4 is 10.1 Å². The number of aromatic nitrogens is 1. The van der Waals surface area contributed by atoms with Gasteiger partial charge in [0.2, 0.25) is 5.91 Å². The van der Waals surface area contributed by atoms with Crippen molar-refractivity contribution < 1.29 is 9.53 Å². The van der Waals surface area contributed by atoms with Crippen molar-refractivity contribution in [2.24, 2.45) is 5.92 Å². The molecule has 2 aromatic rings. The molecule has 0 spiro atoms. The number of carbonyl (C=O) groups is 1. The van der Waals surface area contributed by atoms with E-state index in [2.05, 4.69) is 16.4 Å². The normalized spacial score (nSPS) is 20.5. The zero-order valence-corrected chi connectivity index (χ0v) is 11.7.